The van der Waals surface area contributed by atoms with Crippen LogP contribution in [0.25, 0.3) is 0 Å². The normalized spacial score (nSPS) is 20.8. The summed E-state index contributed by atoms with van der Waals surface area (Å²) in [7, 11) is 0. The third kappa shape index (κ3) is 4.02. The lowest BCUT2D eigenvalue weighted by Crippen LogP contribution is -2.47. The van der Waals surface area contributed by atoms with Gasteiger partial charge in [0.15, 0.2) is 0 Å². The van der Waals surface area contributed by atoms with Gasteiger partial charge in [-0.15, -0.1) is 0 Å². The van der Waals surface area contributed by atoms with Crippen molar-refractivity contribution in [1.29, 1.82) is 0 Å². The largest absolute Gasteiger partial charge is 0.395 e. The van der Waals surface area contributed by atoms with Gasteiger partial charge in [-0.05, 0) is 6.42 Å². The summed E-state index contributed by atoms with van der Waals surface area (Å²) in [5.74, 6) is 0. The molecule has 0 aromatic carbocycles. The molecule has 0 aliphatic carbocycles. The Kier molecular flexibility index (Phi) is 5.27. The summed E-state index contributed by atoms with van der Waals surface area (Å²) < 4.78 is 11.9. The van der Waals surface area contributed by atoms with Crippen LogP contribution >= 0.6 is 0 Å². The summed E-state index contributed by atoms with van der Waals surface area (Å²) in [5.41, 5.74) is 0. The molecule has 1 heterocycles. The Bertz CT molecular complexity index is 127. The first-order valence-corrected chi connectivity index (χ1v) is 4.98. The zero-order valence-corrected chi connectivity index (χ0v) is 8.08. The fourth-order valence-electron chi connectivity index (χ4n) is 1.66. The molecule has 0 unspecified atom stereocenters. The molecule has 0 aromatic heterocycles. The number of alkyl halides is 1. The van der Waals surface area contributed by atoms with E-state index < -0.39 is 0 Å². The molecule has 13 heavy (non-hydrogen) atoms. The van der Waals surface area contributed by atoms with Gasteiger partial charge in [-0.25, -0.2) is 0 Å². The number of aliphatic hydroxyl groups is 1. The van der Waals surface area contributed by atoms with Crippen molar-refractivity contribution in [3.05, 3.63) is 0 Å². The van der Waals surface area contributed by atoms with Gasteiger partial charge in [0.05, 0.1) is 13.3 Å². The average molecular weight is 190 g/mol. The van der Waals surface area contributed by atoms with Crippen molar-refractivity contribution >= 4 is 0 Å². The second-order valence-corrected chi connectivity index (χ2v) is 3.45. The van der Waals surface area contributed by atoms with Gasteiger partial charge < -0.3 is 10.0 Å². The first-order chi connectivity index (χ1) is 6.36. The van der Waals surface area contributed by atoms with Crippen LogP contribution in [0.5, 0.6) is 0 Å². The Morgan fingerprint density at radius 1 is 1.00 bits per heavy atom. The molecule has 0 saturated carbocycles. The van der Waals surface area contributed by atoms with Crippen molar-refractivity contribution < 1.29 is 9.50 Å². The smallest absolute Gasteiger partial charge is 0.0906 e. The van der Waals surface area contributed by atoms with E-state index in [1.165, 1.54) is 0 Å². The van der Waals surface area contributed by atoms with E-state index in [0.29, 0.717) is 6.42 Å². The maximum Gasteiger partial charge on any atom is 0.0906 e. The quantitative estimate of drug-likeness (QED) is 0.659. The zero-order valence-electron chi connectivity index (χ0n) is 8.08. The van der Waals surface area contributed by atoms with Gasteiger partial charge in [-0.1, -0.05) is 0 Å². The van der Waals surface area contributed by atoms with Crippen molar-refractivity contribution in [1.82, 2.24) is 9.80 Å². The summed E-state index contributed by atoms with van der Waals surface area (Å²) >= 11 is 0. The number of hydrogen-bond acceptors (Lipinski definition) is 3. The monoisotopic (exact) mass is 190 g/mol. The number of aliphatic hydroxyl groups excluding tert-OH is 1. The fraction of sp³-hybridized carbons (Fsp3) is 1.00. The zero-order chi connectivity index (χ0) is 9.52. The molecule has 1 aliphatic rings. The van der Waals surface area contributed by atoms with Gasteiger partial charge >= 0.3 is 0 Å². The van der Waals surface area contributed by atoms with E-state index in [9.17, 15) is 4.39 Å². The van der Waals surface area contributed by atoms with E-state index in [1.54, 1.807) is 0 Å². The van der Waals surface area contributed by atoms with E-state index in [2.05, 4.69) is 9.80 Å². The Morgan fingerprint density at radius 2 is 1.54 bits per heavy atom. The summed E-state index contributed by atoms with van der Waals surface area (Å²) in [4.78, 5) is 4.53. The van der Waals surface area contributed by atoms with Crippen molar-refractivity contribution in [3.8, 4) is 0 Å². The Balaban J connectivity index is 2.08. The fourth-order valence-corrected chi connectivity index (χ4v) is 1.66. The predicted molar refractivity (Wildman–Crippen MR) is 50.6 cm³/mol. The standard InChI is InChI=1S/C9H19FN2O/c10-2-1-3-11-4-6-12(7-5-11)8-9-13/h13H,1-9H2. The lowest BCUT2D eigenvalue weighted by atomic mass is 10.3. The van der Waals surface area contributed by atoms with Crippen molar-refractivity contribution in [2.75, 3.05) is 52.6 Å². The first-order valence-electron chi connectivity index (χ1n) is 4.98. The van der Waals surface area contributed by atoms with Crippen LogP contribution in [0.1, 0.15) is 6.42 Å². The molecule has 1 rings (SSSR count). The maximum atomic E-state index is 11.9. The molecule has 1 N–H and O–H groups in total. The number of piperazine rings is 1. The highest BCUT2D eigenvalue weighted by Gasteiger charge is 2.15. The van der Waals surface area contributed by atoms with Crippen LogP contribution in [0.2, 0.25) is 0 Å². The maximum absolute atomic E-state index is 11.9. The topological polar surface area (TPSA) is 26.7 Å². The van der Waals surface area contributed by atoms with Gasteiger partial charge in [-0.2, -0.15) is 0 Å². The van der Waals surface area contributed by atoms with Crippen LogP contribution in [0, 0.1) is 0 Å². The third-order valence-corrected chi connectivity index (χ3v) is 2.49. The Morgan fingerprint density at radius 3 is 2.00 bits per heavy atom. The Labute approximate surface area is 79.1 Å². The molecule has 0 aromatic rings. The van der Waals surface area contributed by atoms with Crippen LogP contribution in [-0.4, -0.2) is 67.5 Å². The van der Waals surface area contributed by atoms with E-state index in [4.69, 9.17) is 5.11 Å². The van der Waals surface area contributed by atoms with Gasteiger partial charge in [0.25, 0.3) is 0 Å². The minimum atomic E-state index is -0.211. The molecule has 0 bridgehead atoms. The summed E-state index contributed by atoms with van der Waals surface area (Å²) in [6.45, 7) is 5.72. The second kappa shape index (κ2) is 6.29. The summed E-state index contributed by atoms with van der Waals surface area (Å²) in [5, 5.41) is 8.72. The second-order valence-electron chi connectivity index (χ2n) is 3.45. The highest BCUT2D eigenvalue weighted by atomic mass is 19.1. The van der Waals surface area contributed by atoms with Crippen LogP contribution in [0.3, 0.4) is 0 Å². The molecule has 4 heteroatoms. The molecule has 0 amide bonds. The number of hydrogen-bond donors (Lipinski definition) is 1. The van der Waals surface area contributed by atoms with Crippen LogP contribution in [0.4, 0.5) is 4.39 Å². The average Bonchev–Trinajstić information content (AvgIpc) is 2.17. The van der Waals surface area contributed by atoms with Gasteiger partial charge in [0.2, 0.25) is 0 Å². The van der Waals surface area contributed by atoms with Crippen LogP contribution in [-0.2, 0) is 0 Å². The van der Waals surface area contributed by atoms with E-state index in [1.807, 2.05) is 0 Å². The number of halogens is 1. The molecular formula is C9H19FN2O. The third-order valence-electron chi connectivity index (χ3n) is 2.49. The van der Waals surface area contributed by atoms with Gasteiger partial charge in [0.1, 0.15) is 0 Å². The molecule has 3 nitrogen and oxygen atoms in total. The van der Waals surface area contributed by atoms with Gasteiger partial charge in [-0.3, -0.25) is 9.29 Å². The highest BCUT2D eigenvalue weighted by molar-refractivity contribution is 4.71. The number of rotatable bonds is 5. The van der Waals surface area contributed by atoms with Crippen molar-refractivity contribution in [3.63, 3.8) is 0 Å². The van der Waals surface area contributed by atoms with Crippen molar-refractivity contribution in [2.45, 2.75) is 6.42 Å². The summed E-state index contributed by atoms with van der Waals surface area (Å²) in [6, 6.07) is 0. The lowest BCUT2D eigenvalue weighted by Gasteiger charge is -2.34. The molecule has 0 spiro atoms. The molecule has 1 fully saturated rings. The van der Waals surface area contributed by atoms with Crippen molar-refractivity contribution in [2.24, 2.45) is 0 Å². The summed E-state index contributed by atoms with van der Waals surface area (Å²) in [6.07, 6.45) is 0.653. The molecule has 0 atom stereocenters. The van der Waals surface area contributed by atoms with E-state index in [0.717, 1.165) is 39.3 Å². The SMILES string of the molecule is OCCN1CCN(CCCF)CC1. The first kappa shape index (κ1) is 10.9. The van der Waals surface area contributed by atoms with E-state index >= 15 is 0 Å². The number of β-amino-alcohol motifs (C(OH)–C–C–N with tert-alkyl or cyclic N) is 1. The minimum absolute atomic E-state index is 0.211. The molecule has 1 aliphatic heterocycles. The predicted octanol–water partition coefficient (Wildman–Crippen LogP) is -0.0441. The van der Waals surface area contributed by atoms with E-state index in [-0.39, 0.29) is 13.3 Å². The van der Waals surface area contributed by atoms with Crippen LogP contribution < -0.4 is 0 Å². The Hall–Kier alpha value is -0.190. The molecule has 78 valence electrons. The number of nitrogens with zero attached hydrogens (tertiary/aromatic N) is 2. The molecular weight excluding hydrogens is 171 g/mol. The van der Waals surface area contributed by atoms with Gasteiger partial charge in [0, 0.05) is 39.3 Å². The lowest BCUT2D eigenvalue weighted by molar-refractivity contribution is 0.110. The minimum Gasteiger partial charge on any atom is -0.395 e. The molecule has 1 saturated heterocycles. The van der Waals surface area contributed by atoms with Crippen LogP contribution in [0.15, 0.2) is 0 Å². The molecule has 0 radical (unpaired) electrons. The highest BCUT2D eigenvalue weighted by Crippen LogP contribution is 2.01.